The minimum absolute atomic E-state index is 0.0587. The van der Waals surface area contributed by atoms with Gasteiger partial charge in [0.05, 0.1) is 12.7 Å². The van der Waals surface area contributed by atoms with Crippen molar-refractivity contribution in [2.75, 3.05) is 6.61 Å². The predicted molar refractivity (Wildman–Crippen MR) is 66.9 cm³/mol. The van der Waals surface area contributed by atoms with E-state index in [2.05, 4.69) is 22.0 Å². The van der Waals surface area contributed by atoms with Gasteiger partial charge in [-0.15, -0.1) is 0 Å². The molecule has 2 rings (SSSR count). The van der Waals surface area contributed by atoms with Crippen LogP contribution in [0.2, 0.25) is 0 Å². The zero-order chi connectivity index (χ0) is 12.3. The van der Waals surface area contributed by atoms with Crippen molar-refractivity contribution in [2.45, 2.75) is 19.3 Å². The Kier molecular flexibility index (Phi) is 3.49. The summed E-state index contributed by atoms with van der Waals surface area (Å²) in [6, 6.07) is 7.52. The Labute approximate surface area is 109 Å². The molecule has 0 aliphatic heterocycles. The van der Waals surface area contributed by atoms with E-state index in [1.807, 2.05) is 6.07 Å². The van der Waals surface area contributed by atoms with E-state index in [4.69, 9.17) is 10.00 Å². The lowest BCUT2D eigenvalue weighted by molar-refractivity contribution is 0.112. The maximum atomic E-state index is 10.8. The monoisotopic (exact) mass is 293 g/mol. The standard InChI is InChI=1S/C13H12BrNO2/c14-12-2-1-11(7-10(12)8-16)17-9-13(3-4-13)5-6-15/h1-2,7-8H,3-5,9H2. The summed E-state index contributed by atoms with van der Waals surface area (Å²) in [7, 11) is 0. The topological polar surface area (TPSA) is 50.1 Å². The summed E-state index contributed by atoms with van der Waals surface area (Å²) in [5.74, 6) is 0.680. The lowest BCUT2D eigenvalue weighted by Crippen LogP contribution is -2.12. The number of hydrogen-bond donors (Lipinski definition) is 0. The molecule has 88 valence electrons. The van der Waals surface area contributed by atoms with Crippen LogP contribution in [0.5, 0.6) is 5.75 Å². The van der Waals surface area contributed by atoms with Gasteiger partial charge in [-0.1, -0.05) is 15.9 Å². The highest BCUT2D eigenvalue weighted by Gasteiger charge is 2.43. The molecule has 0 radical (unpaired) electrons. The number of nitriles is 1. The zero-order valence-electron chi connectivity index (χ0n) is 9.28. The van der Waals surface area contributed by atoms with Gasteiger partial charge in [-0.3, -0.25) is 4.79 Å². The highest BCUT2D eigenvalue weighted by atomic mass is 79.9. The SMILES string of the molecule is N#CCC1(COc2ccc(Br)c(C=O)c2)CC1. The van der Waals surface area contributed by atoms with E-state index < -0.39 is 0 Å². The van der Waals surface area contributed by atoms with Crippen LogP contribution in [0.25, 0.3) is 0 Å². The third kappa shape index (κ3) is 2.86. The van der Waals surface area contributed by atoms with Crippen molar-refractivity contribution < 1.29 is 9.53 Å². The first-order valence-corrected chi connectivity index (χ1v) is 6.23. The normalized spacial score (nSPS) is 16.0. The third-order valence-corrected chi connectivity index (χ3v) is 3.77. The Hall–Kier alpha value is -1.34. The Bertz CT molecular complexity index is 475. The van der Waals surface area contributed by atoms with Crippen LogP contribution in [0.1, 0.15) is 29.6 Å². The van der Waals surface area contributed by atoms with Gasteiger partial charge < -0.3 is 4.74 Å². The molecule has 1 aromatic rings. The number of carbonyl (C=O) groups is 1. The number of hydrogen-bond acceptors (Lipinski definition) is 3. The maximum absolute atomic E-state index is 10.8. The van der Waals surface area contributed by atoms with Crippen molar-refractivity contribution in [3.05, 3.63) is 28.2 Å². The molecule has 0 atom stereocenters. The molecule has 0 saturated heterocycles. The maximum Gasteiger partial charge on any atom is 0.151 e. The smallest absolute Gasteiger partial charge is 0.151 e. The molecule has 0 heterocycles. The van der Waals surface area contributed by atoms with E-state index in [1.54, 1.807) is 12.1 Å². The molecule has 1 saturated carbocycles. The van der Waals surface area contributed by atoms with E-state index >= 15 is 0 Å². The van der Waals surface area contributed by atoms with Crippen LogP contribution < -0.4 is 4.74 Å². The molecule has 1 aliphatic rings. The van der Waals surface area contributed by atoms with Crippen LogP contribution in [-0.4, -0.2) is 12.9 Å². The van der Waals surface area contributed by atoms with Gasteiger partial charge in [0.1, 0.15) is 5.75 Å². The number of carbonyl (C=O) groups excluding carboxylic acids is 1. The number of nitrogens with zero attached hydrogens (tertiary/aromatic N) is 1. The highest BCUT2D eigenvalue weighted by molar-refractivity contribution is 9.10. The van der Waals surface area contributed by atoms with Gasteiger partial charge in [0.15, 0.2) is 6.29 Å². The highest BCUT2D eigenvalue weighted by Crippen LogP contribution is 2.48. The van der Waals surface area contributed by atoms with Crippen LogP contribution in [-0.2, 0) is 0 Å². The van der Waals surface area contributed by atoms with Crippen LogP contribution in [0, 0.1) is 16.7 Å². The average Bonchev–Trinajstić information content (AvgIpc) is 3.09. The summed E-state index contributed by atoms with van der Waals surface area (Å²) in [6.07, 6.45) is 3.44. The largest absolute Gasteiger partial charge is 0.493 e. The number of rotatable bonds is 5. The fourth-order valence-electron chi connectivity index (χ4n) is 1.65. The Morgan fingerprint density at radius 2 is 2.29 bits per heavy atom. The summed E-state index contributed by atoms with van der Waals surface area (Å²) in [5.41, 5.74) is 0.635. The minimum atomic E-state index is 0.0587. The van der Waals surface area contributed by atoms with Gasteiger partial charge in [-0.25, -0.2) is 0 Å². The molecule has 0 aromatic heterocycles. The second-order valence-corrected chi connectivity index (χ2v) is 5.28. The van der Waals surface area contributed by atoms with Crippen molar-refractivity contribution in [1.82, 2.24) is 0 Å². The zero-order valence-corrected chi connectivity index (χ0v) is 10.9. The first kappa shape index (κ1) is 12.1. The van der Waals surface area contributed by atoms with Crippen LogP contribution in [0.3, 0.4) is 0 Å². The summed E-state index contributed by atoms with van der Waals surface area (Å²) in [4.78, 5) is 10.8. The molecule has 4 heteroatoms. The second kappa shape index (κ2) is 4.89. The molecule has 0 unspecified atom stereocenters. The lowest BCUT2D eigenvalue weighted by Gasteiger charge is -2.13. The first-order valence-electron chi connectivity index (χ1n) is 5.44. The van der Waals surface area contributed by atoms with E-state index in [0.717, 1.165) is 23.6 Å². The Balaban J connectivity index is 2.00. The second-order valence-electron chi connectivity index (χ2n) is 4.42. The van der Waals surface area contributed by atoms with Gasteiger partial charge in [-0.2, -0.15) is 5.26 Å². The van der Waals surface area contributed by atoms with Crippen molar-refractivity contribution >= 4 is 22.2 Å². The summed E-state index contributed by atoms with van der Waals surface area (Å²) in [6.45, 7) is 0.556. The van der Waals surface area contributed by atoms with Crippen molar-refractivity contribution in [2.24, 2.45) is 5.41 Å². The number of aldehydes is 1. The van der Waals surface area contributed by atoms with Gasteiger partial charge in [0.2, 0.25) is 0 Å². The molecule has 3 nitrogen and oxygen atoms in total. The molecule has 0 amide bonds. The average molecular weight is 294 g/mol. The van der Waals surface area contributed by atoms with E-state index in [0.29, 0.717) is 24.3 Å². The minimum Gasteiger partial charge on any atom is -0.493 e. The molecular weight excluding hydrogens is 282 g/mol. The summed E-state index contributed by atoms with van der Waals surface area (Å²) < 4.78 is 6.41. The molecule has 0 bridgehead atoms. The fraction of sp³-hybridized carbons (Fsp3) is 0.385. The fourth-order valence-corrected chi connectivity index (χ4v) is 2.00. The molecule has 0 N–H and O–H groups in total. The van der Waals surface area contributed by atoms with E-state index in [1.165, 1.54) is 0 Å². The third-order valence-electron chi connectivity index (χ3n) is 3.05. The number of ether oxygens (including phenoxy) is 1. The van der Waals surface area contributed by atoms with Gasteiger partial charge in [-0.05, 0) is 31.0 Å². The number of halogens is 1. The van der Waals surface area contributed by atoms with E-state index in [-0.39, 0.29) is 5.41 Å². The summed E-state index contributed by atoms with van der Waals surface area (Å²) >= 11 is 3.29. The molecule has 0 spiro atoms. The Morgan fingerprint density at radius 1 is 1.53 bits per heavy atom. The van der Waals surface area contributed by atoms with Crippen LogP contribution in [0.15, 0.2) is 22.7 Å². The van der Waals surface area contributed by atoms with Gasteiger partial charge in [0.25, 0.3) is 0 Å². The van der Waals surface area contributed by atoms with Crippen molar-refractivity contribution in [1.29, 1.82) is 5.26 Å². The molecule has 1 aromatic carbocycles. The van der Waals surface area contributed by atoms with Crippen LogP contribution in [0.4, 0.5) is 0 Å². The van der Waals surface area contributed by atoms with Crippen molar-refractivity contribution in [3.63, 3.8) is 0 Å². The predicted octanol–water partition coefficient (Wildman–Crippen LogP) is 3.33. The first-order chi connectivity index (χ1) is 8.19. The van der Waals surface area contributed by atoms with E-state index in [9.17, 15) is 4.79 Å². The van der Waals surface area contributed by atoms with Crippen molar-refractivity contribution in [3.8, 4) is 11.8 Å². The molecule has 1 fully saturated rings. The molecule has 17 heavy (non-hydrogen) atoms. The quantitative estimate of drug-likeness (QED) is 0.783. The van der Waals surface area contributed by atoms with Gasteiger partial charge >= 0.3 is 0 Å². The molecule has 1 aliphatic carbocycles. The van der Waals surface area contributed by atoms with Gasteiger partial charge in [0, 0.05) is 21.9 Å². The van der Waals surface area contributed by atoms with Crippen LogP contribution >= 0.6 is 15.9 Å². The molecular formula is C13H12BrNO2. The number of benzene rings is 1. The Morgan fingerprint density at radius 3 is 2.88 bits per heavy atom. The summed E-state index contributed by atoms with van der Waals surface area (Å²) in [5, 5.41) is 8.70. The lowest BCUT2D eigenvalue weighted by atomic mass is 10.1.